The molecule has 0 aliphatic heterocycles. The molecule has 0 aliphatic carbocycles. The Morgan fingerprint density at radius 3 is 2.38 bits per heavy atom. The molecular weight excluding hydrogens is 330 g/mol. The molecule has 0 aliphatic rings. The van der Waals surface area contributed by atoms with Crippen LogP contribution in [0.4, 0.5) is 5.13 Å². The van der Waals surface area contributed by atoms with Gasteiger partial charge in [-0.25, -0.2) is 0 Å². The number of carbonyl (C=O) groups excluding carboxylic acids is 1. The molecule has 2 aromatic rings. The first-order chi connectivity index (χ1) is 11.6. The van der Waals surface area contributed by atoms with Gasteiger partial charge in [-0.3, -0.25) is 10.1 Å². The molecule has 1 aromatic heterocycles. The Hall–Kier alpha value is -2.35. The zero-order chi connectivity index (χ0) is 17.5. The highest BCUT2D eigenvalue weighted by Crippen LogP contribution is 2.35. The van der Waals surface area contributed by atoms with Gasteiger partial charge in [-0.1, -0.05) is 24.7 Å². The molecule has 130 valence electrons. The molecule has 24 heavy (non-hydrogen) atoms. The number of methoxy groups -OCH3 is 3. The number of nitrogens with zero attached hydrogens (tertiary/aromatic N) is 2. The Bertz CT molecular complexity index is 703. The summed E-state index contributed by atoms with van der Waals surface area (Å²) in [5, 5.41) is 12.2. The summed E-state index contributed by atoms with van der Waals surface area (Å²) < 4.78 is 15.7. The number of ether oxygens (including phenoxy) is 3. The van der Waals surface area contributed by atoms with Crippen LogP contribution in [0.3, 0.4) is 0 Å². The topological polar surface area (TPSA) is 82.6 Å². The number of anilines is 1. The first-order valence-electron chi connectivity index (χ1n) is 7.56. The van der Waals surface area contributed by atoms with E-state index in [1.807, 2.05) is 0 Å². The van der Waals surface area contributed by atoms with Crippen molar-refractivity contribution in [2.45, 2.75) is 26.2 Å². The van der Waals surface area contributed by atoms with E-state index in [1.54, 1.807) is 12.1 Å². The highest BCUT2D eigenvalue weighted by Gasteiger charge is 2.19. The van der Waals surface area contributed by atoms with Crippen molar-refractivity contribution in [3.05, 3.63) is 22.7 Å². The Kier molecular flexibility index (Phi) is 6.36. The van der Waals surface area contributed by atoms with Crippen molar-refractivity contribution in [1.29, 1.82) is 0 Å². The van der Waals surface area contributed by atoms with Crippen LogP contribution in [0.25, 0.3) is 0 Å². The van der Waals surface area contributed by atoms with Crippen LogP contribution < -0.4 is 19.5 Å². The van der Waals surface area contributed by atoms with Crippen LogP contribution in [0.5, 0.6) is 17.2 Å². The quantitative estimate of drug-likeness (QED) is 0.787. The maximum Gasteiger partial charge on any atom is 0.261 e. The maximum atomic E-state index is 12.5. The summed E-state index contributed by atoms with van der Waals surface area (Å²) in [6.07, 6.45) is 3.00. The van der Waals surface area contributed by atoms with E-state index in [9.17, 15) is 4.79 Å². The van der Waals surface area contributed by atoms with Gasteiger partial charge in [0.1, 0.15) is 10.8 Å². The highest BCUT2D eigenvalue weighted by atomic mass is 32.1. The predicted molar refractivity (Wildman–Crippen MR) is 92.6 cm³/mol. The molecule has 0 saturated heterocycles. The maximum absolute atomic E-state index is 12.5. The predicted octanol–water partition coefficient (Wildman–Crippen LogP) is 3.16. The second-order valence-electron chi connectivity index (χ2n) is 4.97. The molecule has 2 rings (SSSR count). The van der Waals surface area contributed by atoms with Crippen molar-refractivity contribution in [3.63, 3.8) is 0 Å². The molecule has 0 saturated carbocycles. The number of unbranched alkanes of at least 4 members (excludes halogenated alkanes) is 1. The summed E-state index contributed by atoms with van der Waals surface area (Å²) in [6.45, 7) is 2.12. The Labute approximate surface area is 145 Å². The number of amides is 1. The van der Waals surface area contributed by atoms with Crippen LogP contribution in [-0.2, 0) is 6.42 Å². The van der Waals surface area contributed by atoms with E-state index in [0.717, 1.165) is 24.3 Å². The number of carbonyl (C=O) groups is 1. The lowest BCUT2D eigenvalue weighted by atomic mass is 10.1. The van der Waals surface area contributed by atoms with Crippen LogP contribution in [0.1, 0.15) is 35.1 Å². The van der Waals surface area contributed by atoms with Gasteiger partial charge >= 0.3 is 0 Å². The molecule has 0 spiro atoms. The molecule has 0 unspecified atom stereocenters. The average molecular weight is 351 g/mol. The number of aromatic nitrogens is 2. The highest BCUT2D eigenvalue weighted by molar-refractivity contribution is 7.15. The number of hydrogen-bond donors (Lipinski definition) is 1. The van der Waals surface area contributed by atoms with E-state index in [4.69, 9.17) is 14.2 Å². The molecule has 1 N–H and O–H groups in total. The van der Waals surface area contributed by atoms with Gasteiger partial charge in [0.2, 0.25) is 5.13 Å². The van der Waals surface area contributed by atoms with Crippen LogP contribution in [0.15, 0.2) is 12.1 Å². The van der Waals surface area contributed by atoms with E-state index < -0.39 is 0 Å². The number of hydrogen-bond acceptors (Lipinski definition) is 7. The number of benzene rings is 1. The lowest BCUT2D eigenvalue weighted by molar-refractivity contribution is 0.102. The summed E-state index contributed by atoms with van der Waals surface area (Å²) in [6, 6.07) is 3.19. The molecule has 1 heterocycles. The summed E-state index contributed by atoms with van der Waals surface area (Å²) in [5.74, 6) is 0.986. The SMILES string of the molecule is CCCCc1nnc(NC(=O)c2cc(OC)c(OC)cc2OC)s1. The van der Waals surface area contributed by atoms with Gasteiger partial charge < -0.3 is 14.2 Å². The van der Waals surface area contributed by atoms with E-state index >= 15 is 0 Å². The normalized spacial score (nSPS) is 10.3. The smallest absolute Gasteiger partial charge is 0.261 e. The van der Waals surface area contributed by atoms with Crippen molar-refractivity contribution >= 4 is 22.4 Å². The first-order valence-corrected chi connectivity index (χ1v) is 8.38. The second-order valence-corrected chi connectivity index (χ2v) is 6.03. The molecular formula is C16H21N3O4S. The molecule has 7 nitrogen and oxygen atoms in total. The van der Waals surface area contributed by atoms with Crippen molar-refractivity contribution in [2.24, 2.45) is 0 Å². The Morgan fingerprint density at radius 1 is 1.08 bits per heavy atom. The number of aryl methyl sites for hydroxylation is 1. The van der Waals surface area contributed by atoms with Gasteiger partial charge in [-0.2, -0.15) is 0 Å². The molecule has 1 amide bonds. The van der Waals surface area contributed by atoms with Crippen LogP contribution in [-0.4, -0.2) is 37.4 Å². The lowest BCUT2D eigenvalue weighted by Crippen LogP contribution is -2.13. The molecule has 0 bridgehead atoms. The fourth-order valence-electron chi connectivity index (χ4n) is 2.10. The largest absolute Gasteiger partial charge is 0.496 e. The molecule has 0 atom stereocenters. The van der Waals surface area contributed by atoms with Gasteiger partial charge in [0.15, 0.2) is 11.5 Å². The van der Waals surface area contributed by atoms with E-state index in [1.165, 1.54) is 32.7 Å². The third-order valence-corrected chi connectivity index (χ3v) is 4.28. The molecule has 1 aromatic carbocycles. The van der Waals surface area contributed by atoms with E-state index in [-0.39, 0.29) is 5.91 Å². The van der Waals surface area contributed by atoms with Gasteiger partial charge in [0.25, 0.3) is 5.91 Å². The third-order valence-electron chi connectivity index (χ3n) is 3.38. The van der Waals surface area contributed by atoms with E-state index in [0.29, 0.717) is 27.9 Å². The van der Waals surface area contributed by atoms with Crippen molar-refractivity contribution < 1.29 is 19.0 Å². The summed E-state index contributed by atoms with van der Waals surface area (Å²) >= 11 is 1.38. The first kappa shape index (κ1) is 18.0. The minimum Gasteiger partial charge on any atom is -0.496 e. The van der Waals surface area contributed by atoms with Gasteiger partial charge in [0, 0.05) is 18.6 Å². The fraction of sp³-hybridized carbons (Fsp3) is 0.438. The van der Waals surface area contributed by atoms with Gasteiger partial charge in [-0.15, -0.1) is 10.2 Å². The zero-order valence-corrected chi connectivity index (χ0v) is 15.0. The minimum atomic E-state index is -0.342. The minimum absolute atomic E-state index is 0.334. The van der Waals surface area contributed by atoms with Crippen LogP contribution in [0.2, 0.25) is 0 Å². The molecule has 8 heteroatoms. The van der Waals surface area contributed by atoms with E-state index in [2.05, 4.69) is 22.4 Å². The summed E-state index contributed by atoms with van der Waals surface area (Å²) in [4.78, 5) is 12.5. The monoisotopic (exact) mass is 351 g/mol. The van der Waals surface area contributed by atoms with Gasteiger partial charge in [-0.05, 0) is 6.42 Å². The standard InChI is InChI=1S/C16H21N3O4S/c1-5-6-7-14-18-19-16(24-14)17-15(20)10-8-12(22-3)13(23-4)9-11(10)21-2/h8-9H,5-7H2,1-4H3,(H,17,19,20). The van der Waals surface area contributed by atoms with Crippen molar-refractivity contribution in [3.8, 4) is 17.2 Å². The van der Waals surface area contributed by atoms with Crippen LogP contribution >= 0.6 is 11.3 Å². The van der Waals surface area contributed by atoms with Crippen molar-refractivity contribution in [2.75, 3.05) is 26.6 Å². The lowest BCUT2D eigenvalue weighted by Gasteiger charge is -2.13. The zero-order valence-electron chi connectivity index (χ0n) is 14.2. The van der Waals surface area contributed by atoms with Crippen molar-refractivity contribution in [1.82, 2.24) is 10.2 Å². The molecule has 0 fully saturated rings. The summed E-state index contributed by atoms with van der Waals surface area (Å²) in [5.41, 5.74) is 0.334. The third kappa shape index (κ3) is 4.14. The Balaban J connectivity index is 2.21. The van der Waals surface area contributed by atoms with Crippen LogP contribution in [0, 0.1) is 0 Å². The average Bonchev–Trinajstić information content (AvgIpc) is 3.05. The van der Waals surface area contributed by atoms with Gasteiger partial charge in [0.05, 0.1) is 26.9 Å². The second kappa shape index (κ2) is 8.49. The molecule has 0 radical (unpaired) electrons. The Morgan fingerprint density at radius 2 is 1.75 bits per heavy atom. The number of rotatable bonds is 8. The number of nitrogens with one attached hydrogen (secondary N) is 1. The fourth-order valence-corrected chi connectivity index (χ4v) is 2.88. The summed E-state index contributed by atoms with van der Waals surface area (Å²) in [7, 11) is 4.53.